The Morgan fingerprint density at radius 1 is 1.22 bits per heavy atom. The molecule has 23 heavy (non-hydrogen) atoms. The molecule has 0 aliphatic heterocycles. The molecule has 0 saturated carbocycles. The molecule has 2 aromatic carbocycles. The van der Waals surface area contributed by atoms with Crippen LogP contribution in [-0.4, -0.2) is 11.5 Å². The normalized spacial score (nSPS) is 11.5. The van der Waals surface area contributed by atoms with Crippen molar-refractivity contribution >= 4 is 5.69 Å². The van der Waals surface area contributed by atoms with Gasteiger partial charge < -0.3 is 4.74 Å². The third kappa shape index (κ3) is 4.55. The smallest absolute Gasteiger partial charge is 0.269 e. The van der Waals surface area contributed by atoms with E-state index in [-0.39, 0.29) is 11.6 Å². The predicted octanol–water partition coefficient (Wildman–Crippen LogP) is 4.37. The number of benzene rings is 2. The average molecular weight is 310 g/mol. The Bertz CT molecular complexity index is 705. The van der Waals surface area contributed by atoms with Gasteiger partial charge in [0.1, 0.15) is 5.75 Å². The Balaban J connectivity index is 1.87. The number of para-hydroxylation sites is 1. The van der Waals surface area contributed by atoms with Crippen LogP contribution in [0.5, 0.6) is 5.75 Å². The van der Waals surface area contributed by atoms with Gasteiger partial charge in [0.2, 0.25) is 0 Å². The molecule has 1 unspecified atom stereocenters. The molecule has 5 nitrogen and oxygen atoms in total. The van der Waals surface area contributed by atoms with Crippen molar-refractivity contribution in [2.24, 2.45) is 0 Å². The highest BCUT2D eigenvalue weighted by molar-refractivity contribution is 5.36. The van der Waals surface area contributed by atoms with E-state index < -0.39 is 4.92 Å². The summed E-state index contributed by atoms with van der Waals surface area (Å²) in [6, 6.07) is 16.2. The number of hydrogen-bond acceptors (Lipinski definition) is 4. The molecule has 0 N–H and O–H groups in total. The van der Waals surface area contributed by atoms with Crippen molar-refractivity contribution in [1.82, 2.24) is 0 Å². The van der Waals surface area contributed by atoms with Gasteiger partial charge in [-0.25, -0.2) is 0 Å². The van der Waals surface area contributed by atoms with Crippen molar-refractivity contribution in [3.63, 3.8) is 0 Å². The van der Waals surface area contributed by atoms with Gasteiger partial charge in [0.15, 0.2) is 0 Å². The summed E-state index contributed by atoms with van der Waals surface area (Å²) in [5.41, 5.74) is 1.92. The maximum absolute atomic E-state index is 10.6. The zero-order valence-corrected chi connectivity index (χ0v) is 12.9. The Morgan fingerprint density at radius 3 is 2.52 bits per heavy atom. The third-order valence-electron chi connectivity index (χ3n) is 3.65. The zero-order valence-electron chi connectivity index (χ0n) is 12.9. The third-order valence-corrected chi connectivity index (χ3v) is 3.65. The van der Waals surface area contributed by atoms with Crippen molar-refractivity contribution in [2.45, 2.75) is 25.7 Å². The van der Waals surface area contributed by atoms with Crippen LogP contribution in [0, 0.1) is 28.4 Å². The summed E-state index contributed by atoms with van der Waals surface area (Å²) in [6.07, 6.45) is 1.39. The van der Waals surface area contributed by atoms with E-state index in [2.05, 4.69) is 6.07 Å². The lowest BCUT2D eigenvalue weighted by molar-refractivity contribution is -0.384. The summed E-state index contributed by atoms with van der Waals surface area (Å²) in [5.74, 6) is 0.576. The first-order valence-electron chi connectivity index (χ1n) is 7.44. The number of ether oxygens (including phenoxy) is 1. The summed E-state index contributed by atoms with van der Waals surface area (Å²) >= 11 is 0. The molecule has 2 rings (SSSR count). The Morgan fingerprint density at radius 2 is 1.91 bits per heavy atom. The van der Waals surface area contributed by atoms with Gasteiger partial charge in [-0.15, -0.1) is 0 Å². The van der Waals surface area contributed by atoms with Crippen LogP contribution in [0.2, 0.25) is 0 Å². The quantitative estimate of drug-likeness (QED) is 0.432. The lowest BCUT2D eigenvalue weighted by atomic mass is 9.96. The molecule has 0 aromatic heterocycles. The number of nitro benzene ring substituents is 1. The van der Waals surface area contributed by atoms with Crippen LogP contribution in [0.3, 0.4) is 0 Å². The molecule has 0 bridgehead atoms. The van der Waals surface area contributed by atoms with Gasteiger partial charge in [-0.05, 0) is 37.0 Å². The molecule has 0 heterocycles. The molecular formula is C18H18N2O3. The van der Waals surface area contributed by atoms with Crippen molar-refractivity contribution < 1.29 is 9.66 Å². The Labute approximate surface area is 135 Å². The summed E-state index contributed by atoms with van der Waals surface area (Å²) in [4.78, 5) is 10.2. The molecule has 0 aliphatic carbocycles. The number of hydrogen-bond donors (Lipinski definition) is 0. The summed E-state index contributed by atoms with van der Waals surface area (Å²) < 4.78 is 5.72. The lowest BCUT2D eigenvalue weighted by Crippen LogP contribution is -2.03. The minimum atomic E-state index is -0.443. The number of nitrogens with zero attached hydrogens (tertiary/aromatic N) is 2. The molecule has 2 aromatic rings. The monoisotopic (exact) mass is 310 g/mol. The van der Waals surface area contributed by atoms with Crippen LogP contribution in [0.25, 0.3) is 0 Å². The van der Waals surface area contributed by atoms with Gasteiger partial charge >= 0.3 is 0 Å². The average Bonchev–Trinajstić information content (AvgIpc) is 2.56. The lowest BCUT2D eigenvalue weighted by Gasteiger charge is -2.11. The van der Waals surface area contributed by atoms with E-state index in [1.165, 1.54) is 12.1 Å². The summed E-state index contributed by atoms with van der Waals surface area (Å²) in [7, 11) is 0. The highest BCUT2D eigenvalue weighted by Crippen LogP contribution is 2.23. The number of nitriles is 1. The van der Waals surface area contributed by atoms with Crippen molar-refractivity contribution in [2.75, 3.05) is 6.61 Å². The SMILES string of the molecule is Cc1ccccc1OCCCC(C#N)c1ccc([N+](=O)[O-])cc1. The topological polar surface area (TPSA) is 76.2 Å². The fourth-order valence-electron chi connectivity index (χ4n) is 2.32. The molecular weight excluding hydrogens is 292 g/mol. The largest absolute Gasteiger partial charge is 0.493 e. The molecule has 0 spiro atoms. The van der Waals surface area contributed by atoms with Gasteiger partial charge in [0.05, 0.1) is 23.5 Å². The van der Waals surface area contributed by atoms with Gasteiger partial charge in [-0.3, -0.25) is 10.1 Å². The van der Waals surface area contributed by atoms with Crippen LogP contribution in [0.4, 0.5) is 5.69 Å². The maximum Gasteiger partial charge on any atom is 0.269 e. The van der Waals surface area contributed by atoms with Gasteiger partial charge in [-0.1, -0.05) is 30.3 Å². The second-order valence-electron chi connectivity index (χ2n) is 5.29. The zero-order chi connectivity index (χ0) is 16.7. The van der Waals surface area contributed by atoms with Crippen molar-refractivity contribution in [1.29, 1.82) is 5.26 Å². The van der Waals surface area contributed by atoms with Crippen LogP contribution in [0.15, 0.2) is 48.5 Å². The molecule has 0 aliphatic rings. The number of aryl methyl sites for hydroxylation is 1. The van der Waals surface area contributed by atoms with E-state index in [0.29, 0.717) is 13.0 Å². The van der Waals surface area contributed by atoms with E-state index >= 15 is 0 Å². The van der Waals surface area contributed by atoms with Crippen LogP contribution in [0.1, 0.15) is 29.9 Å². The number of rotatable bonds is 7. The van der Waals surface area contributed by atoms with E-state index in [0.717, 1.165) is 23.3 Å². The van der Waals surface area contributed by atoms with Crippen molar-refractivity contribution in [3.05, 3.63) is 69.8 Å². The standard InChI is InChI=1S/C18H18N2O3/c1-14-5-2-3-7-18(14)23-12-4-6-16(13-19)15-8-10-17(11-9-15)20(21)22/h2-3,5,7-11,16H,4,6,12H2,1H3. The fraction of sp³-hybridized carbons (Fsp3) is 0.278. The molecule has 5 heteroatoms. The van der Waals surface area contributed by atoms with E-state index in [9.17, 15) is 15.4 Å². The van der Waals surface area contributed by atoms with E-state index in [1.54, 1.807) is 12.1 Å². The first-order chi connectivity index (χ1) is 11.1. The molecule has 0 saturated heterocycles. The molecule has 0 amide bonds. The molecule has 1 atom stereocenters. The minimum Gasteiger partial charge on any atom is -0.493 e. The van der Waals surface area contributed by atoms with Crippen LogP contribution < -0.4 is 4.74 Å². The Hall–Kier alpha value is -2.87. The van der Waals surface area contributed by atoms with Gasteiger partial charge in [0.25, 0.3) is 5.69 Å². The highest BCUT2D eigenvalue weighted by atomic mass is 16.6. The maximum atomic E-state index is 10.6. The van der Waals surface area contributed by atoms with E-state index in [4.69, 9.17) is 4.74 Å². The highest BCUT2D eigenvalue weighted by Gasteiger charge is 2.12. The second-order valence-corrected chi connectivity index (χ2v) is 5.29. The second kappa shape index (κ2) is 7.95. The van der Waals surface area contributed by atoms with E-state index in [1.807, 2.05) is 31.2 Å². The minimum absolute atomic E-state index is 0.0355. The first-order valence-corrected chi connectivity index (χ1v) is 7.44. The fourth-order valence-corrected chi connectivity index (χ4v) is 2.32. The van der Waals surface area contributed by atoms with Gasteiger partial charge in [0, 0.05) is 12.1 Å². The summed E-state index contributed by atoms with van der Waals surface area (Å²) in [5, 5.41) is 19.9. The first kappa shape index (κ1) is 16.5. The molecule has 118 valence electrons. The van der Waals surface area contributed by atoms with Crippen molar-refractivity contribution in [3.8, 4) is 11.8 Å². The molecule has 0 fully saturated rings. The molecule has 0 radical (unpaired) electrons. The Kier molecular flexibility index (Phi) is 5.70. The predicted molar refractivity (Wildman–Crippen MR) is 87.4 cm³/mol. The number of non-ortho nitro benzene ring substituents is 1. The van der Waals surface area contributed by atoms with Crippen LogP contribution in [-0.2, 0) is 0 Å². The summed E-state index contributed by atoms with van der Waals surface area (Å²) in [6.45, 7) is 2.53. The van der Waals surface area contributed by atoms with Crippen LogP contribution >= 0.6 is 0 Å². The number of nitro groups is 1. The van der Waals surface area contributed by atoms with Gasteiger partial charge in [-0.2, -0.15) is 5.26 Å².